The van der Waals surface area contributed by atoms with Gasteiger partial charge in [0.05, 0.1) is 19.8 Å². The van der Waals surface area contributed by atoms with E-state index in [-0.39, 0.29) is 0 Å². The zero-order valence-corrected chi connectivity index (χ0v) is 21.5. The highest BCUT2D eigenvalue weighted by molar-refractivity contribution is 5.44. The Morgan fingerprint density at radius 2 is 1.55 bits per heavy atom. The van der Waals surface area contributed by atoms with Crippen LogP contribution in [0.15, 0.2) is 72.8 Å². The van der Waals surface area contributed by atoms with Crippen molar-refractivity contribution in [3.05, 3.63) is 95.1 Å². The Morgan fingerprint density at radius 1 is 0.816 bits per heavy atom. The predicted octanol–water partition coefficient (Wildman–Crippen LogP) is 2.61. The Bertz CT molecular complexity index is 1120. The monoisotopic (exact) mass is 524 g/mol. The number of hydrogen-bond acceptors (Lipinski definition) is 8. The Balaban J connectivity index is 1.46. The quantitative estimate of drug-likeness (QED) is 0.267. The van der Waals surface area contributed by atoms with Gasteiger partial charge in [0.15, 0.2) is 12.4 Å². The van der Waals surface area contributed by atoms with Gasteiger partial charge in [0, 0.05) is 12.5 Å². The molecule has 0 unspecified atom stereocenters. The number of ether oxygens (including phenoxy) is 4. The second-order valence-electron chi connectivity index (χ2n) is 9.31. The normalized spacial score (nSPS) is 23.2. The van der Waals surface area contributed by atoms with Crippen molar-refractivity contribution in [2.75, 3.05) is 19.8 Å². The van der Waals surface area contributed by atoms with E-state index in [0.29, 0.717) is 37.7 Å². The minimum atomic E-state index is -1.54. The van der Waals surface area contributed by atoms with E-state index in [1.165, 1.54) is 5.56 Å². The van der Waals surface area contributed by atoms with Crippen LogP contribution < -0.4 is 9.47 Å². The number of aryl methyl sites for hydroxylation is 1. The van der Waals surface area contributed by atoms with Crippen molar-refractivity contribution in [2.24, 2.45) is 0 Å². The molecule has 8 nitrogen and oxygen atoms in total. The summed E-state index contributed by atoms with van der Waals surface area (Å²) in [6.45, 7) is 2.75. The van der Waals surface area contributed by atoms with Gasteiger partial charge >= 0.3 is 0 Å². The van der Waals surface area contributed by atoms with E-state index in [1.54, 1.807) is 6.07 Å². The third kappa shape index (κ3) is 7.32. The van der Waals surface area contributed by atoms with Crippen LogP contribution in [0.25, 0.3) is 0 Å². The molecule has 0 aromatic heterocycles. The maximum atomic E-state index is 10.6. The fourth-order valence-corrected chi connectivity index (χ4v) is 4.32. The van der Waals surface area contributed by atoms with Gasteiger partial charge < -0.3 is 39.4 Å². The van der Waals surface area contributed by atoms with Crippen LogP contribution in [0.1, 0.15) is 29.2 Å². The van der Waals surface area contributed by atoms with Crippen molar-refractivity contribution in [3.8, 4) is 11.5 Å². The molecule has 1 fully saturated rings. The second-order valence-corrected chi connectivity index (χ2v) is 9.31. The standard InChI is InChI=1S/C30H36O8/c1-2-20-8-10-21(11-9-20)16-23-12-13-24(36-15-14-35-19-22-6-4-3-5-7-22)17-25(23)37-29-28(33)27(32)26(18-31)38-30(29)34/h3-13,17,26-34H,2,14-16,18-19H2,1H3/t26-,27-,28+,29-,30-/m1/s1. The van der Waals surface area contributed by atoms with Gasteiger partial charge in [0.1, 0.15) is 36.4 Å². The lowest BCUT2D eigenvalue weighted by molar-refractivity contribution is -0.280. The Hall–Kier alpha value is -2.98. The van der Waals surface area contributed by atoms with Gasteiger partial charge in [0.25, 0.3) is 0 Å². The Kier molecular flexibility index (Phi) is 10.1. The van der Waals surface area contributed by atoms with Crippen LogP contribution in [0.4, 0.5) is 0 Å². The van der Waals surface area contributed by atoms with Gasteiger partial charge in [-0.1, -0.05) is 67.6 Å². The van der Waals surface area contributed by atoms with Crippen molar-refractivity contribution < 1.29 is 39.4 Å². The summed E-state index contributed by atoms with van der Waals surface area (Å²) in [5.41, 5.74) is 4.19. The molecular weight excluding hydrogens is 488 g/mol. The number of benzene rings is 3. The van der Waals surface area contributed by atoms with E-state index in [1.807, 2.05) is 42.5 Å². The van der Waals surface area contributed by atoms with Crippen LogP contribution in [0.3, 0.4) is 0 Å². The van der Waals surface area contributed by atoms with Crippen LogP contribution in [0, 0.1) is 0 Å². The Labute approximate surface area is 223 Å². The van der Waals surface area contributed by atoms with E-state index < -0.39 is 37.3 Å². The van der Waals surface area contributed by atoms with Crippen molar-refractivity contribution >= 4 is 0 Å². The number of aliphatic hydroxyl groups excluding tert-OH is 4. The minimum Gasteiger partial charge on any atom is -0.491 e. The first-order valence-electron chi connectivity index (χ1n) is 12.9. The highest BCUT2D eigenvalue weighted by Gasteiger charge is 2.45. The second kappa shape index (κ2) is 13.7. The van der Waals surface area contributed by atoms with Gasteiger partial charge in [-0.05, 0) is 34.7 Å². The third-order valence-electron chi connectivity index (χ3n) is 6.58. The molecule has 204 valence electrons. The van der Waals surface area contributed by atoms with Crippen LogP contribution in [0.2, 0.25) is 0 Å². The van der Waals surface area contributed by atoms with Crippen LogP contribution in [0.5, 0.6) is 11.5 Å². The SMILES string of the molecule is CCc1ccc(Cc2ccc(OCCOCc3ccccc3)cc2O[C@@H]2[C@@H](O)[C@H](O)[C@@H](CO)O[C@H]2O)cc1. The summed E-state index contributed by atoms with van der Waals surface area (Å²) in [4.78, 5) is 0. The van der Waals surface area contributed by atoms with Crippen molar-refractivity contribution in [1.82, 2.24) is 0 Å². The molecule has 4 N–H and O–H groups in total. The third-order valence-corrected chi connectivity index (χ3v) is 6.58. The molecule has 0 aliphatic carbocycles. The van der Waals surface area contributed by atoms with Gasteiger partial charge in [-0.3, -0.25) is 0 Å². The van der Waals surface area contributed by atoms with E-state index in [9.17, 15) is 20.4 Å². The van der Waals surface area contributed by atoms with Crippen molar-refractivity contribution in [2.45, 2.75) is 57.1 Å². The highest BCUT2D eigenvalue weighted by atomic mass is 16.7. The van der Waals surface area contributed by atoms with E-state index >= 15 is 0 Å². The van der Waals surface area contributed by atoms with Crippen LogP contribution in [-0.2, 0) is 28.9 Å². The smallest absolute Gasteiger partial charge is 0.195 e. The predicted molar refractivity (Wildman–Crippen MR) is 141 cm³/mol. The first kappa shape index (κ1) is 28.0. The lowest BCUT2D eigenvalue weighted by Crippen LogP contribution is -2.60. The molecule has 0 radical (unpaired) electrons. The number of rotatable bonds is 12. The summed E-state index contributed by atoms with van der Waals surface area (Å²) in [5, 5.41) is 40.7. The molecule has 8 heteroatoms. The zero-order valence-electron chi connectivity index (χ0n) is 21.5. The molecule has 38 heavy (non-hydrogen) atoms. The molecule has 3 aromatic carbocycles. The van der Waals surface area contributed by atoms with Gasteiger partial charge in [-0.2, -0.15) is 0 Å². The number of aliphatic hydroxyl groups is 4. The molecule has 5 atom stereocenters. The van der Waals surface area contributed by atoms with Crippen molar-refractivity contribution in [3.63, 3.8) is 0 Å². The van der Waals surface area contributed by atoms with Crippen LogP contribution >= 0.6 is 0 Å². The molecule has 4 rings (SSSR count). The fourth-order valence-electron chi connectivity index (χ4n) is 4.32. The highest BCUT2D eigenvalue weighted by Crippen LogP contribution is 2.31. The number of hydrogen-bond donors (Lipinski definition) is 4. The molecule has 1 aliphatic rings. The topological polar surface area (TPSA) is 118 Å². The summed E-state index contributed by atoms with van der Waals surface area (Å²) in [6.07, 6.45) is -5.31. The summed E-state index contributed by atoms with van der Waals surface area (Å²) < 4.78 is 22.9. The Morgan fingerprint density at radius 3 is 2.26 bits per heavy atom. The molecular formula is C30H36O8. The maximum Gasteiger partial charge on any atom is 0.195 e. The van der Waals surface area contributed by atoms with Gasteiger partial charge in [-0.25, -0.2) is 0 Å². The minimum absolute atomic E-state index is 0.318. The fraction of sp³-hybridized carbons (Fsp3) is 0.400. The molecule has 3 aromatic rings. The molecule has 0 amide bonds. The van der Waals surface area contributed by atoms with E-state index in [0.717, 1.165) is 23.1 Å². The molecule has 0 bridgehead atoms. The molecule has 1 heterocycles. The zero-order chi connectivity index (χ0) is 26.9. The first-order chi connectivity index (χ1) is 18.5. The maximum absolute atomic E-state index is 10.6. The molecule has 1 saturated heterocycles. The van der Waals surface area contributed by atoms with Crippen molar-refractivity contribution in [1.29, 1.82) is 0 Å². The summed E-state index contributed by atoms with van der Waals surface area (Å²) >= 11 is 0. The molecule has 1 aliphatic heterocycles. The molecule has 0 spiro atoms. The van der Waals surface area contributed by atoms with E-state index in [2.05, 4.69) is 31.2 Å². The van der Waals surface area contributed by atoms with E-state index in [4.69, 9.17) is 18.9 Å². The summed E-state index contributed by atoms with van der Waals surface area (Å²) in [6, 6.07) is 23.5. The van der Waals surface area contributed by atoms with Gasteiger partial charge in [-0.15, -0.1) is 0 Å². The first-order valence-corrected chi connectivity index (χ1v) is 12.9. The average Bonchev–Trinajstić information content (AvgIpc) is 2.95. The largest absolute Gasteiger partial charge is 0.491 e. The average molecular weight is 525 g/mol. The molecule has 0 saturated carbocycles. The lowest BCUT2D eigenvalue weighted by Gasteiger charge is -2.40. The van der Waals surface area contributed by atoms with Crippen LogP contribution in [-0.4, -0.2) is 71.0 Å². The van der Waals surface area contributed by atoms with Gasteiger partial charge in [0.2, 0.25) is 0 Å². The lowest BCUT2D eigenvalue weighted by atomic mass is 9.98. The summed E-state index contributed by atoms with van der Waals surface area (Å²) in [7, 11) is 0. The summed E-state index contributed by atoms with van der Waals surface area (Å²) in [5.74, 6) is 0.913.